The molecule has 1 amide bonds. The first-order chi connectivity index (χ1) is 13.2. The van der Waals surface area contributed by atoms with Crippen LogP contribution in [0.1, 0.15) is 17.3 Å². The van der Waals surface area contributed by atoms with E-state index in [1.165, 1.54) is 12.8 Å². The molecule has 0 saturated carbocycles. The number of carbonyl (C=O) groups excluding carboxylic acids is 1. The van der Waals surface area contributed by atoms with Crippen molar-refractivity contribution >= 4 is 17.3 Å². The van der Waals surface area contributed by atoms with Gasteiger partial charge in [-0.05, 0) is 42.9 Å². The largest absolute Gasteiger partial charge is 0.493 e. The van der Waals surface area contributed by atoms with Crippen molar-refractivity contribution in [3.63, 3.8) is 0 Å². The number of hydrogen-bond donors (Lipinski definition) is 1. The molecule has 0 spiro atoms. The monoisotopic (exact) mass is 369 g/mol. The lowest BCUT2D eigenvalue weighted by molar-refractivity contribution is 0.102. The van der Waals surface area contributed by atoms with Crippen molar-refractivity contribution in [2.75, 3.05) is 57.2 Å². The van der Waals surface area contributed by atoms with Gasteiger partial charge in [0.2, 0.25) is 0 Å². The molecule has 1 fully saturated rings. The van der Waals surface area contributed by atoms with Crippen molar-refractivity contribution in [2.45, 2.75) is 6.92 Å². The highest BCUT2D eigenvalue weighted by Gasteiger charge is 2.18. The van der Waals surface area contributed by atoms with Crippen LogP contribution in [0.15, 0.2) is 42.5 Å². The van der Waals surface area contributed by atoms with E-state index >= 15 is 0 Å². The Bertz CT molecular complexity index is 769. The van der Waals surface area contributed by atoms with Crippen molar-refractivity contribution in [2.24, 2.45) is 0 Å². The molecule has 3 rings (SSSR count). The molecule has 0 radical (unpaired) electrons. The summed E-state index contributed by atoms with van der Waals surface area (Å²) in [7, 11) is 3.08. The maximum Gasteiger partial charge on any atom is 0.259 e. The first-order valence-electron chi connectivity index (χ1n) is 9.26. The molecule has 0 unspecified atom stereocenters. The molecule has 0 aliphatic carbocycles. The number of ether oxygens (including phenoxy) is 2. The third-order valence-electron chi connectivity index (χ3n) is 4.96. The Morgan fingerprint density at radius 3 is 2.30 bits per heavy atom. The van der Waals surface area contributed by atoms with Gasteiger partial charge in [-0.25, -0.2) is 0 Å². The highest BCUT2D eigenvalue weighted by atomic mass is 16.5. The van der Waals surface area contributed by atoms with Gasteiger partial charge >= 0.3 is 0 Å². The Kier molecular flexibility index (Phi) is 6.19. The Morgan fingerprint density at radius 2 is 1.70 bits per heavy atom. The molecule has 2 aromatic carbocycles. The summed E-state index contributed by atoms with van der Waals surface area (Å²) in [5.74, 6) is 0.740. The first kappa shape index (κ1) is 19.0. The number of hydrogen-bond acceptors (Lipinski definition) is 5. The summed E-state index contributed by atoms with van der Waals surface area (Å²) in [6, 6.07) is 13.2. The fourth-order valence-corrected chi connectivity index (χ4v) is 3.34. The molecule has 1 aliphatic rings. The lowest BCUT2D eigenvalue weighted by Crippen LogP contribution is -2.46. The molecule has 1 saturated heterocycles. The minimum absolute atomic E-state index is 0.227. The smallest absolute Gasteiger partial charge is 0.259 e. The number of likely N-dealkylation sites (N-methyl/N-ethyl adjacent to an activating group) is 1. The summed E-state index contributed by atoms with van der Waals surface area (Å²) in [5, 5.41) is 2.93. The van der Waals surface area contributed by atoms with Crippen LogP contribution in [0, 0.1) is 0 Å². The van der Waals surface area contributed by atoms with Crippen molar-refractivity contribution in [1.82, 2.24) is 4.90 Å². The molecule has 1 heterocycles. The van der Waals surface area contributed by atoms with Crippen molar-refractivity contribution < 1.29 is 14.3 Å². The van der Waals surface area contributed by atoms with Gasteiger partial charge in [0, 0.05) is 37.6 Å². The van der Waals surface area contributed by atoms with Crippen LogP contribution in [0.4, 0.5) is 11.4 Å². The van der Waals surface area contributed by atoms with E-state index in [9.17, 15) is 4.79 Å². The average Bonchev–Trinajstić information content (AvgIpc) is 2.73. The molecular formula is C21H27N3O3. The molecule has 0 bridgehead atoms. The van der Waals surface area contributed by atoms with E-state index in [-0.39, 0.29) is 5.91 Å². The van der Waals surface area contributed by atoms with E-state index < -0.39 is 0 Å². The minimum atomic E-state index is -0.227. The van der Waals surface area contributed by atoms with Gasteiger partial charge in [-0.15, -0.1) is 0 Å². The maximum absolute atomic E-state index is 12.7. The third kappa shape index (κ3) is 4.34. The predicted molar refractivity (Wildman–Crippen MR) is 108 cm³/mol. The van der Waals surface area contributed by atoms with Gasteiger partial charge in [-0.1, -0.05) is 13.0 Å². The summed E-state index contributed by atoms with van der Waals surface area (Å²) in [6.07, 6.45) is 0. The summed E-state index contributed by atoms with van der Waals surface area (Å²) < 4.78 is 10.6. The van der Waals surface area contributed by atoms with Gasteiger partial charge < -0.3 is 24.6 Å². The molecule has 6 nitrogen and oxygen atoms in total. The molecule has 144 valence electrons. The van der Waals surface area contributed by atoms with Crippen molar-refractivity contribution in [3.8, 4) is 11.5 Å². The molecule has 0 aromatic heterocycles. The molecule has 2 aromatic rings. The highest BCUT2D eigenvalue weighted by Crippen LogP contribution is 2.31. The lowest BCUT2D eigenvalue weighted by atomic mass is 10.1. The number of amides is 1. The van der Waals surface area contributed by atoms with Crippen LogP contribution in [0.5, 0.6) is 11.5 Å². The highest BCUT2D eigenvalue weighted by molar-refractivity contribution is 6.06. The molecule has 1 N–H and O–H groups in total. The molecule has 1 aliphatic heterocycles. The van der Waals surface area contributed by atoms with E-state index in [2.05, 4.69) is 34.2 Å². The number of rotatable bonds is 6. The zero-order valence-electron chi connectivity index (χ0n) is 16.2. The minimum Gasteiger partial charge on any atom is -0.493 e. The van der Waals surface area contributed by atoms with Gasteiger partial charge in [0.1, 0.15) is 0 Å². The van der Waals surface area contributed by atoms with Crippen LogP contribution in [0.2, 0.25) is 0 Å². The number of nitrogens with one attached hydrogen (secondary N) is 1. The number of para-hydroxylation sites is 1. The standard InChI is InChI=1S/C21H27N3O3/c1-4-23-12-14-24(15-13-23)17-10-8-16(9-11-17)22-21(25)18-6-5-7-19(26-2)20(18)27-3/h5-11H,4,12-15H2,1-3H3,(H,22,25). The van der Waals surface area contributed by atoms with Gasteiger partial charge in [-0.3, -0.25) is 4.79 Å². The summed E-state index contributed by atoms with van der Waals surface area (Å²) in [5.41, 5.74) is 2.38. The van der Waals surface area contributed by atoms with E-state index in [1.807, 2.05) is 12.1 Å². The lowest BCUT2D eigenvalue weighted by Gasteiger charge is -2.35. The number of nitrogens with zero attached hydrogens (tertiary/aromatic N) is 2. The van der Waals surface area contributed by atoms with E-state index in [0.29, 0.717) is 17.1 Å². The number of benzene rings is 2. The Morgan fingerprint density at radius 1 is 1.00 bits per heavy atom. The fraction of sp³-hybridized carbons (Fsp3) is 0.381. The van der Waals surface area contributed by atoms with Crippen LogP contribution in [0.3, 0.4) is 0 Å². The summed E-state index contributed by atoms with van der Waals surface area (Å²) >= 11 is 0. The van der Waals surface area contributed by atoms with Gasteiger partial charge in [-0.2, -0.15) is 0 Å². The summed E-state index contributed by atoms with van der Waals surface area (Å²) in [6.45, 7) is 7.54. The fourth-order valence-electron chi connectivity index (χ4n) is 3.34. The van der Waals surface area contributed by atoms with Gasteiger partial charge in [0.15, 0.2) is 11.5 Å². The Balaban J connectivity index is 1.67. The number of methoxy groups -OCH3 is 2. The van der Waals surface area contributed by atoms with Crippen molar-refractivity contribution in [1.29, 1.82) is 0 Å². The maximum atomic E-state index is 12.7. The zero-order chi connectivity index (χ0) is 19.2. The quantitative estimate of drug-likeness (QED) is 0.848. The normalized spacial score (nSPS) is 14.7. The predicted octanol–water partition coefficient (Wildman–Crippen LogP) is 3.10. The summed E-state index contributed by atoms with van der Waals surface area (Å²) in [4.78, 5) is 17.5. The number of carbonyl (C=O) groups is 1. The van der Waals surface area contributed by atoms with E-state index in [1.54, 1.807) is 25.3 Å². The second kappa shape index (κ2) is 8.77. The first-order valence-corrected chi connectivity index (χ1v) is 9.26. The van der Waals surface area contributed by atoms with Gasteiger partial charge in [0.05, 0.1) is 19.8 Å². The van der Waals surface area contributed by atoms with Gasteiger partial charge in [0.25, 0.3) is 5.91 Å². The van der Waals surface area contributed by atoms with E-state index in [0.717, 1.165) is 38.4 Å². The number of piperazine rings is 1. The van der Waals surface area contributed by atoms with Crippen LogP contribution >= 0.6 is 0 Å². The topological polar surface area (TPSA) is 54.0 Å². The Labute approximate surface area is 160 Å². The van der Waals surface area contributed by atoms with Crippen LogP contribution in [0.25, 0.3) is 0 Å². The van der Waals surface area contributed by atoms with Crippen LogP contribution < -0.4 is 19.7 Å². The molecule has 27 heavy (non-hydrogen) atoms. The molecule has 6 heteroatoms. The third-order valence-corrected chi connectivity index (χ3v) is 4.96. The second-order valence-electron chi connectivity index (χ2n) is 6.46. The molecular weight excluding hydrogens is 342 g/mol. The number of anilines is 2. The zero-order valence-corrected chi connectivity index (χ0v) is 16.2. The van der Waals surface area contributed by atoms with Crippen LogP contribution in [-0.2, 0) is 0 Å². The van der Waals surface area contributed by atoms with Crippen LogP contribution in [-0.4, -0.2) is 57.8 Å². The molecule has 0 atom stereocenters. The SMILES string of the molecule is CCN1CCN(c2ccc(NC(=O)c3cccc(OC)c3OC)cc2)CC1. The average molecular weight is 369 g/mol. The Hall–Kier alpha value is -2.73. The van der Waals surface area contributed by atoms with E-state index in [4.69, 9.17) is 9.47 Å². The second-order valence-corrected chi connectivity index (χ2v) is 6.46. The van der Waals surface area contributed by atoms with Crippen molar-refractivity contribution in [3.05, 3.63) is 48.0 Å².